The lowest BCUT2D eigenvalue weighted by Gasteiger charge is -2.36. The average Bonchev–Trinajstić information content (AvgIpc) is 2.68. The number of fused-ring (bicyclic) bond motifs is 1. The van der Waals surface area contributed by atoms with Crippen LogP contribution in [-0.4, -0.2) is 24.3 Å². The Balaban J connectivity index is 1.86. The van der Waals surface area contributed by atoms with Gasteiger partial charge in [0.15, 0.2) is 0 Å². The standard InChI is InChI=1S/C20H17BrN2O2S/c21-17-5-7-18(8-6-17)26(24,25)23-14-11-15-3-1-2-4-19(15)20(23)16-9-12-22-13-10-16/h1-10,12-13,20H,11,14H2. The van der Waals surface area contributed by atoms with E-state index in [2.05, 4.69) is 27.0 Å². The van der Waals surface area contributed by atoms with Gasteiger partial charge in [0.25, 0.3) is 0 Å². The van der Waals surface area contributed by atoms with Gasteiger partial charge in [0.1, 0.15) is 0 Å². The van der Waals surface area contributed by atoms with Gasteiger partial charge in [-0.3, -0.25) is 4.98 Å². The summed E-state index contributed by atoms with van der Waals surface area (Å²) in [4.78, 5) is 4.38. The predicted octanol–water partition coefficient (Wildman–Crippen LogP) is 4.18. The van der Waals surface area contributed by atoms with E-state index in [9.17, 15) is 8.42 Å². The summed E-state index contributed by atoms with van der Waals surface area (Å²) in [5.41, 5.74) is 3.15. The van der Waals surface area contributed by atoms with Gasteiger partial charge in [0.05, 0.1) is 10.9 Å². The topological polar surface area (TPSA) is 50.3 Å². The van der Waals surface area contributed by atoms with Crippen LogP contribution in [0.4, 0.5) is 0 Å². The first-order chi connectivity index (χ1) is 12.6. The minimum Gasteiger partial charge on any atom is -0.265 e. The Morgan fingerprint density at radius 1 is 0.962 bits per heavy atom. The smallest absolute Gasteiger partial charge is 0.243 e. The van der Waals surface area contributed by atoms with Crippen molar-refractivity contribution >= 4 is 26.0 Å². The lowest BCUT2D eigenvalue weighted by atomic mass is 9.90. The molecular weight excluding hydrogens is 412 g/mol. The zero-order valence-electron chi connectivity index (χ0n) is 13.9. The van der Waals surface area contributed by atoms with E-state index in [1.54, 1.807) is 41.0 Å². The maximum Gasteiger partial charge on any atom is 0.243 e. The summed E-state index contributed by atoms with van der Waals surface area (Å²) in [6, 6.07) is 18.3. The molecule has 0 amide bonds. The van der Waals surface area contributed by atoms with Gasteiger partial charge in [-0.05, 0) is 59.5 Å². The van der Waals surface area contributed by atoms with Crippen LogP contribution in [0.15, 0.2) is 82.4 Å². The quantitative estimate of drug-likeness (QED) is 0.628. The Morgan fingerprint density at radius 3 is 2.38 bits per heavy atom. The van der Waals surface area contributed by atoms with Crippen LogP contribution in [0.1, 0.15) is 22.7 Å². The van der Waals surface area contributed by atoms with Gasteiger partial charge in [-0.25, -0.2) is 8.42 Å². The number of hydrogen-bond acceptors (Lipinski definition) is 3. The highest BCUT2D eigenvalue weighted by atomic mass is 79.9. The van der Waals surface area contributed by atoms with Crippen molar-refractivity contribution < 1.29 is 8.42 Å². The van der Waals surface area contributed by atoms with Gasteiger partial charge >= 0.3 is 0 Å². The average molecular weight is 429 g/mol. The molecule has 4 rings (SSSR count). The number of hydrogen-bond donors (Lipinski definition) is 0. The van der Waals surface area contributed by atoms with Crippen molar-refractivity contribution in [2.45, 2.75) is 17.4 Å². The highest BCUT2D eigenvalue weighted by Gasteiger charge is 2.37. The van der Waals surface area contributed by atoms with E-state index in [1.807, 2.05) is 30.3 Å². The normalized spacial score (nSPS) is 17.7. The second-order valence-corrected chi connectivity index (χ2v) is 9.01. The second-order valence-electron chi connectivity index (χ2n) is 6.20. The minimum atomic E-state index is -3.63. The van der Waals surface area contributed by atoms with Crippen molar-refractivity contribution in [3.8, 4) is 0 Å². The molecule has 1 unspecified atom stereocenters. The number of aromatic nitrogens is 1. The number of pyridine rings is 1. The monoisotopic (exact) mass is 428 g/mol. The number of benzene rings is 2. The van der Waals surface area contributed by atoms with Gasteiger partial charge in [-0.2, -0.15) is 4.31 Å². The maximum atomic E-state index is 13.4. The van der Waals surface area contributed by atoms with Gasteiger partial charge in [0.2, 0.25) is 10.0 Å². The SMILES string of the molecule is O=S(=O)(c1ccc(Br)cc1)N1CCc2ccccc2C1c1ccncc1. The summed E-state index contributed by atoms with van der Waals surface area (Å²) >= 11 is 3.36. The molecule has 1 aliphatic rings. The van der Waals surface area contributed by atoms with Crippen LogP contribution >= 0.6 is 15.9 Å². The molecule has 26 heavy (non-hydrogen) atoms. The summed E-state index contributed by atoms with van der Waals surface area (Å²) in [6.45, 7) is 0.447. The molecular formula is C20H17BrN2O2S. The first-order valence-corrected chi connectivity index (χ1v) is 10.6. The molecule has 0 saturated carbocycles. The molecule has 132 valence electrons. The molecule has 1 atom stereocenters. The molecule has 0 aliphatic carbocycles. The molecule has 2 aromatic carbocycles. The summed E-state index contributed by atoms with van der Waals surface area (Å²) < 4.78 is 29.2. The summed E-state index contributed by atoms with van der Waals surface area (Å²) in [5, 5.41) is 0. The van der Waals surface area contributed by atoms with Crippen molar-refractivity contribution in [1.29, 1.82) is 0 Å². The van der Waals surface area contributed by atoms with E-state index in [0.717, 1.165) is 15.6 Å². The van der Waals surface area contributed by atoms with E-state index < -0.39 is 10.0 Å². The zero-order chi connectivity index (χ0) is 18.1. The molecule has 0 saturated heterocycles. The fraction of sp³-hybridized carbons (Fsp3) is 0.150. The zero-order valence-corrected chi connectivity index (χ0v) is 16.3. The fourth-order valence-electron chi connectivity index (χ4n) is 3.44. The molecule has 0 fully saturated rings. The van der Waals surface area contributed by atoms with Gasteiger partial charge < -0.3 is 0 Å². The summed E-state index contributed by atoms with van der Waals surface area (Å²) in [6.07, 6.45) is 4.11. The third kappa shape index (κ3) is 3.09. The van der Waals surface area contributed by atoms with Crippen LogP contribution in [-0.2, 0) is 16.4 Å². The Hall–Kier alpha value is -2.02. The van der Waals surface area contributed by atoms with Crippen LogP contribution in [0.25, 0.3) is 0 Å². The van der Waals surface area contributed by atoms with Gasteiger partial charge in [-0.1, -0.05) is 40.2 Å². The van der Waals surface area contributed by atoms with Gasteiger partial charge in [-0.15, -0.1) is 0 Å². The Bertz CT molecular complexity index is 1020. The van der Waals surface area contributed by atoms with Crippen molar-refractivity contribution in [2.75, 3.05) is 6.54 Å². The molecule has 0 radical (unpaired) electrons. The van der Waals surface area contributed by atoms with Crippen molar-refractivity contribution in [2.24, 2.45) is 0 Å². The van der Waals surface area contributed by atoms with E-state index in [1.165, 1.54) is 5.56 Å². The Morgan fingerprint density at radius 2 is 1.65 bits per heavy atom. The number of sulfonamides is 1. The largest absolute Gasteiger partial charge is 0.265 e. The van der Waals surface area contributed by atoms with Crippen LogP contribution in [0.3, 0.4) is 0 Å². The molecule has 0 bridgehead atoms. The van der Waals surface area contributed by atoms with Crippen molar-refractivity contribution in [1.82, 2.24) is 9.29 Å². The molecule has 0 spiro atoms. The van der Waals surface area contributed by atoms with E-state index in [-0.39, 0.29) is 6.04 Å². The Labute approximate surface area is 161 Å². The lowest BCUT2D eigenvalue weighted by Crippen LogP contribution is -2.40. The van der Waals surface area contributed by atoms with Crippen LogP contribution < -0.4 is 0 Å². The third-order valence-corrected chi connectivity index (χ3v) is 7.09. The first-order valence-electron chi connectivity index (χ1n) is 8.32. The number of rotatable bonds is 3. The fourth-order valence-corrected chi connectivity index (χ4v) is 5.30. The van der Waals surface area contributed by atoms with Crippen LogP contribution in [0.5, 0.6) is 0 Å². The first kappa shape index (κ1) is 17.4. The van der Waals surface area contributed by atoms with Crippen LogP contribution in [0, 0.1) is 0 Å². The van der Waals surface area contributed by atoms with E-state index in [0.29, 0.717) is 17.9 Å². The molecule has 2 heterocycles. The molecule has 6 heteroatoms. The summed E-state index contributed by atoms with van der Waals surface area (Å²) in [5.74, 6) is 0. The van der Waals surface area contributed by atoms with E-state index in [4.69, 9.17) is 0 Å². The van der Waals surface area contributed by atoms with Crippen molar-refractivity contribution in [3.05, 3.63) is 94.2 Å². The summed E-state index contributed by atoms with van der Waals surface area (Å²) in [7, 11) is -3.63. The molecule has 1 aliphatic heterocycles. The third-order valence-electron chi connectivity index (χ3n) is 4.68. The predicted molar refractivity (Wildman–Crippen MR) is 104 cm³/mol. The number of nitrogens with zero attached hydrogens (tertiary/aromatic N) is 2. The highest BCUT2D eigenvalue weighted by molar-refractivity contribution is 9.10. The van der Waals surface area contributed by atoms with E-state index >= 15 is 0 Å². The Kier molecular flexibility index (Phi) is 4.65. The minimum absolute atomic E-state index is 0.305. The molecule has 4 nitrogen and oxygen atoms in total. The highest BCUT2D eigenvalue weighted by Crippen LogP contribution is 2.38. The van der Waals surface area contributed by atoms with Gasteiger partial charge in [0, 0.05) is 23.4 Å². The van der Waals surface area contributed by atoms with Crippen LogP contribution in [0.2, 0.25) is 0 Å². The lowest BCUT2D eigenvalue weighted by molar-refractivity contribution is 0.344. The molecule has 0 N–H and O–H groups in total. The number of halogens is 1. The second kappa shape index (κ2) is 6.95. The molecule has 1 aromatic heterocycles. The van der Waals surface area contributed by atoms with Crippen molar-refractivity contribution in [3.63, 3.8) is 0 Å². The molecule has 3 aromatic rings. The maximum absolute atomic E-state index is 13.4.